The van der Waals surface area contributed by atoms with Gasteiger partial charge < -0.3 is 19.5 Å². The molecule has 0 saturated heterocycles. The number of aromatic nitrogens is 1. The van der Waals surface area contributed by atoms with Crippen LogP contribution in [0.25, 0.3) is 23.1 Å². The second-order valence-electron chi connectivity index (χ2n) is 8.73. The lowest BCUT2D eigenvalue weighted by molar-refractivity contribution is 0.394. The van der Waals surface area contributed by atoms with Crippen molar-refractivity contribution in [1.82, 2.24) is 4.98 Å². The number of ether oxygens (including phenoxy) is 3. The quantitative estimate of drug-likeness (QED) is 0.296. The number of hydrogen-bond donors (Lipinski definition) is 1. The van der Waals surface area contributed by atoms with Crippen LogP contribution in [0, 0.1) is 0 Å². The largest absolute Gasteiger partial charge is 0.497 e. The molecule has 5 heteroatoms. The fraction of sp³-hybridized carbons (Fsp3) is 0.233. The van der Waals surface area contributed by atoms with Crippen LogP contribution in [0.5, 0.6) is 17.2 Å². The number of hydrogen-bond acceptors (Lipinski definition) is 5. The Kier molecular flexibility index (Phi) is 6.57. The van der Waals surface area contributed by atoms with Crippen LogP contribution in [-0.4, -0.2) is 26.3 Å². The Bertz CT molecular complexity index is 1350. The molecule has 0 bridgehead atoms. The molecule has 35 heavy (non-hydrogen) atoms. The predicted octanol–water partition coefficient (Wildman–Crippen LogP) is 7.05. The minimum Gasteiger partial charge on any atom is -0.497 e. The van der Waals surface area contributed by atoms with Crippen LogP contribution in [0.1, 0.15) is 35.2 Å². The number of nitrogens with zero attached hydrogens (tertiary/aromatic N) is 1. The molecule has 1 aromatic heterocycles. The molecule has 0 atom stereocenters. The van der Waals surface area contributed by atoms with E-state index in [1.54, 1.807) is 21.3 Å². The Morgan fingerprint density at radius 3 is 2.11 bits per heavy atom. The van der Waals surface area contributed by atoms with Crippen molar-refractivity contribution in [3.63, 3.8) is 0 Å². The van der Waals surface area contributed by atoms with Crippen molar-refractivity contribution >= 4 is 34.4 Å². The summed E-state index contributed by atoms with van der Waals surface area (Å²) < 4.78 is 16.2. The smallest absolute Gasteiger partial charge is 0.123 e. The van der Waals surface area contributed by atoms with Crippen LogP contribution in [0.15, 0.2) is 60.7 Å². The molecule has 0 spiro atoms. The van der Waals surface area contributed by atoms with Gasteiger partial charge in [0, 0.05) is 22.8 Å². The summed E-state index contributed by atoms with van der Waals surface area (Å²) in [4.78, 5) is 4.96. The van der Waals surface area contributed by atoms with Crippen molar-refractivity contribution in [2.75, 3.05) is 26.6 Å². The van der Waals surface area contributed by atoms with Crippen LogP contribution in [0.4, 0.5) is 11.4 Å². The first-order valence-electron chi connectivity index (χ1n) is 11.9. The number of pyridine rings is 1. The van der Waals surface area contributed by atoms with Crippen LogP contribution < -0.4 is 19.5 Å². The lowest BCUT2D eigenvalue weighted by Gasteiger charge is -2.22. The standard InChI is InChI=1S/C30H30N2O3/c1-33-23-14-15-29-27(19-23)30(26-6-4-5-7-28(26)32-29)31-22-12-10-20(11-13-22)8-9-21-16-24(34-2)18-25(17-21)35-3/h8-19H,4-7H2,1-3H3,(H,31,32)/b9-8+. The van der Waals surface area contributed by atoms with Gasteiger partial charge in [0.05, 0.1) is 32.5 Å². The summed E-state index contributed by atoms with van der Waals surface area (Å²) in [6.07, 6.45) is 8.62. The molecule has 0 amide bonds. The molecule has 0 radical (unpaired) electrons. The summed E-state index contributed by atoms with van der Waals surface area (Å²) in [5.74, 6) is 2.38. The number of nitrogens with one attached hydrogen (secondary N) is 1. The summed E-state index contributed by atoms with van der Waals surface area (Å²) in [7, 11) is 5.02. The van der Waals surface area contributed by atoms with Crippen molar-refractivity contribution in [3.8, 4) is 17.2 Å². The molecular formula is C30H30N2O3. The lowest BCUT2D eigenvalue weighted by Crippen LogP contribution is -2.09. The lowest BCUT2D eigenvalue weighted by atomic mass is 9.92. The van der Waals surface area contributed by atoms with Crippen molar-refractivity contribution in [3.05, 3.63) is 83.0 Å². The molecule has 0 unspecified atom stereocenters. The van der Waals surface area contributed by atoms with Gasteiger partial charge in [-0.1, -0.05) is 24.3 Å². The number of fused-ring (bicyclic) bond motifs is 2. The maximum Gasteiger partial charge on any atom is 0.123 e. The highest BCUT2D eigenvalue weighted by Crippen LogP contribution is 2.37. The van der Waals surface area contributed by atoms with E-state index in [4.69, 9.17) is 19.2 Å². The number of methoxy groups -OCH3 is 3. The van der Waals surface area contributed by atoms with Gasteiger partial charge in [0.25, 0.3) is 0 Å². The first kappa shape index (κ1) is 22.8. The summed E-state index contributed by atoms with van der Waals surface area (Å²) in [5.41, 5.74) is 7.87. The number of benzene rings is 3. The van der Waals surface area contributed by atoms with E-state index in [0.717, 1.165) is 63.5 Å². The van der Waals surface area contributed by atoms with E-state index in [1.165, 1.54) is 24.1 Å². The highest BCUT2D eigenvalue weighted by molar-refractivity contribution is 5.96. The molecule has 0 fully saturated rings. The van der Waals surface area contributed by atoms with Crippen molar-refractivity contribution in [2.24, 2.45) is 0 Å². The maximum absolute atomic E-state index is 5.50. The van der Waals surface area contributed by atoms with Gasteiger partial charge in [0.2, 0.25) is 0 Å². The van der Waals surface area contributed by atoms with Crippen molar-refractivity contribution in [2.45, 2.75) is 25.7 Å². The Balaban J connectivity index is 1.43. The summed E-state index contributed by atoms with van der Waals surface area (Å²) in [6, 6.07) is 20.4. The zero-order valence-corrected chi connectivity index (χ0v) is 20.4. The van der Waals surface area contributed by atoms with Crippen LogP contribution >= 0.6 is 0 Å². The minimum atomic E-state index is 0.771. The Morgan fingerprint density at radius 1 is 0.714 bits per heavy atom. The van der Waals surface area contributed by atoms with E-state index in [0.29, 0.717) is 0 Å². The molecule has 1 N–H and O–H groups in total. The number of aryl methyl sites for hydroxylation is 1. The Hall–Kier alpha value is -3.99. The second-order valence-corrected chi connectivity index (χ2v) is 8.73. The molecule has 178 valence electrons. The van der Waals surface area contributed by atoms with Crippen LogP contribution in [0.2, 0.25) is 0 Å². The number of anilines is 2. The van der Waals surface area contributed by atoms with Crippen LogP contribution in [0.3, 0.4) is 0 Å². The molecule has 5 rings (SSSR count). The van der Waals surface area contributed by atoms with Crippen molar-refractivity contribution in [1.29, 1.82) is 0 Å². The topological polar surface area (TPSA) is 52.6 Å². The van der Waals surface area contributed by atoms with Gasteiger partial charge in [-0.2, -0.15) is 0 Å². The zero-order chi connectivity index (χ0) is 24.2. The van der Waals surface area contributed by atoms with Gasteiger partial charge in [-0.15, -0.1) is 0 Å². The zero-order valence-electron chi connectivity index (χ0n) is 20.4. The molecule has 1 aliphatic rings. The van der Waals surface area contributed by atoms with Gasteiger partial charge in [-0.05, 0) is 84.8 Å². The highest BCUT2D eigenvalue weighted by atomic mass is 16.5. The first-order chi connectivity index (χ1) is 17.2. The third-order valence-corrected chi connectivity index (χ3v) is 6.49. The predicted molar refractivity (Wildman–Crippen MR) is 143 cm³/mol. The van der Waals surface area contributed by atoms with E-state index in [-0.39, 0.29) is 0 Å². The van der Waals surface area contributed by atoms with E-state index in [1.807, 2.05) is 24.3 Å². The first-order valence-corrected chi connectivity index (χ1v) is 11.9. The molecule has 4 aromatic rings. The molecule has 3 aromatic carbocycles. The monoisotopic (exact) mass is 466 g/mol. The van der Waals surface area contributed by atoms with Gasteiger partial charge in [-0.25, -0.2) is 0 Å². The summed E-state index contributed by atoms with van der Waals surface area (Å²) in [6.45, 7) is 0. The molecular weight excluding hydrogens is 436 g/mol. The fourth-order valence-corrected chi connectivity index (χ4v) is 4.61. The maximum atomic E-state index is 5.50. The third kappa shape index (κ3) is 4.94. The molecule has 1 heterocycles. The molecule has 0 aliphatic heterocycles. The van der Waals surface area contributed by atoms with Crippen LogP contribution in [-0.2, 0) is 12.8 Å². The van der Waals surface area contributed by atoms with Crippen molar-refractivity contribution < 1.29 is 14.2 Å². The normalized spacial score (nSPS) is 13.0. The SMILES string of the molecule is COc1cc(/C=C/c2ccc(Nc3c4c(nc5ccc(OC)cc35)CCCC4)cc2)cc(OC)c1. The number of rotatable bonds is 7. The average molecular weight is 467 g/mol. The Morgan fingerprint density at radius 2 is 1.40 bits per heavy atom. The summed E-state index contributed by atoms with van der Waals surface area (Å²) >= 11 is 0. The molecule has 0 saturated carbocycles. The van der Waals surface area contributed by atoms with Gasteiger partial charge in [0.1, 0.15) is 17.2 Å². The van der Waals surface area contributed by atoms with E-state index in [2.05, 4.69) is 53.9 Å². The van der Waals surface area contributed by atoms with E-state index in [9.17, 15) is 0 Å². The average Bonchev–Trinajstić information content (AvgIpc) is 2.92. The minimum absolute atomic E-state index is 0.771. The Labute approximate surface area is 206 Å². The highest BCUT2D eigenvalue weighted by Gasteiger charge is 2.19. The molecule has 5 nitrogen and oxygen atoms in total. The van der Waals surface area contributed by atoms with Gasteiger partial charge in [-0.3, -0.25) is 4.98 Å². The molecule has 1 aliphatic carbocycles. The van der Waals surface area contributed by atoms with E-state index >= 15 is 0 Å². The third-order valence-electron chi connectivity index (χ3n) is 6.49. The second kappa shape index (κ2) is 10.1. The van der Waals surface area contributed by atoms with Gasteiger partial charge in [0.15, 0.2) is 0 Å². The fourth-order valence-electron chi connectivity index (χ4n) is 4.61. The van der Waals surface area contributed by atoms with E-state index < -0.39 is 0 Å². The summed E-state index contributed by atoms with van der Waals surface area (Å²) in [5, 5.41) is 4.80. The van der Waals surface area contributed by atoms with Gasteiger partial charge >= 0.3 is 0 Å².